The number of allylic oxidation sites excluding steroid dienone is 1. The number of esters is 1. The van der Waals surface area contributed by atoms with Crippen molar-refractivity contribution in [1.82, 2.24) is 4.90 Å². The van der Waals surface area contributed by atoms with Crippen LogP contribution < -0.4 is 4.74 Å². The minimum atomic E-state index is -0.541. The quantitative estimate of drug-likeness (QED) is 0.508. The number of ether oxygens (including phenoxy) is 2. The van der Waals surface area contributed by atoms with Crippen molar-refractivity contribution in [3.8, 4) is 5.75 Å². The van der Waals surface area contributed by atoms with E-state index in [0.717, 1.165) is 24.2 Å². The minimum Gasteiger partial charge on any atom is -0.494 e. The predicted molar refractivity (Wildman–Crippen MR) is 110 cm³/mol. The maximum absolute atomic E-state index is 13.0. The number of hydrogen-bond acceptors (Lipinski definition) is 6. The number of benzene rings is 1. The minimum absolute atomic E-state index is 0.0200. The molecule has 0 spiro atoms. The van der Waals surface area contributed by atoms with E-state index in [9.17, 15) is 9.59 Å². The number of amides is 1. The molecule has 6 nitrogen and oxygen atoms in total. The fourth-order valence-electron chi connectivity index (χ4n) is 3.36. The van der Waals surface area contributed by atoms with E-state index in [1.54, 1.807) is 11.8 Å². The van der Waals surface area contributed by atoms with Gasteiger partial charge in [0.1, 0.15) is 5.75 Å². The van der Waals surface area contributed by atoms with Gasteiger partial charge in [-0.05, 0) is 37.5 Å². The Morgan fingerprint density at radius 2 is 1.96 bits per heavy atom. The Balaban J connectivity index is 1.98. The van der Waals surface area contributed by atoms with Crippen LogP contribution in [-0.4, -0.2) is 40.9 Å². The highest BCUT2D eigenvalue weighted by Gasteiger charge is 2.47. The normalized spacial score (nSPS) is 21.5. The number of nitrogens with zero attached hydrogens (tertiary/aromatic N) is 2. The van der Waals surface area contributed by atoms with E-state index in [-0.39, 0.29) is 11.2 Å². The van der Waals surface area contributed by atoms with Gasteiger partial charge in [-0.15, -0.1) is 0 Å². The number of amidine groups is 1. The second-order valence-corrected chi connectivity index (χ2v) is 7.95. The summed E-state index contributed by atoms with van der Waals surface area (Å²) < 4.78 is 10.7. The number of carbonyl (C=O) groups is 2. The third kappa shape index (κ3) is 3.81. The summed E-state index contributed by atoms with van der Waals surface area (Å²) in [4.78, 5) is 31.7. The number of rotatable bonds is 7. The van der Waals surface area contributed by atoms with Crippen LogP contribution in [0.5, 0.6) is 5.75 Å². The molecular weight excluding hydrogens is 376 g/mol. The fourth-order valence-corrected chi connectivity index (χ4v) is 4.49. The summed E-state index contributed by atoms with van der Waals surface area (Å²) in [6.45, 7) is 6.55. The second-order valence-electron chi connectivity index (χ2n) is 6.78. The lowest BCUT2D eigenvalue weighted by Gasteiger charge is -2.32. The van der Waals surface area contributed by atoms with E-state index >= 15 is 0 Å². The van der Waals surface area contributed by atoms with E-state index in [1.165, 1.54) is 18.9 Å². The number of unbranched alkanes of at least 4 members (excludes halogenated alkanes) is 1. The highest BCUT2D eigenvalue weighted by atomic mass is 32.2. The van der Waals surface area contributed by atoms with E-state index in [0.29, 0.717) is 29.5 Å². The van der Waals surface area contributed by atoms with Gasteiger partial charge in [0.2, 0.25) is 5.91 Å². The Bertz CT molecular complexity index is 816. The van der Waals surface area contributed by atoms with Crippen molar-refractivity contribution in [2.24, 2.45) is 4.99 Å². The molecule has 0 radical (unpaired) electrons. The number of fused-ring (bicyclic) bond motifs is 1. The highest BCUT2D eigenvalue weighted by Crippen LogP contribution is 2.44. The number of aliphatic imine (C=N–C) groups is 1. The van der Waals surface area contributed by atoms with Crippen LogP contribution in [0.2, 0.25) is 0 Å². The number of hydrogen-bond donors (Lipinski definition) is 0. The van der Waals surface area contributed by atoms with Crippen LogP contribution in [0, 0.1) is 0 Å². The molecule has 1 fully saturated rings. The first-order valence-corrected chi connectivity index (χ1v) is 10.5. The zero-order valence-electron chi connectivity index (χ0n) is 16.7. The van der Waals surface area contributed by atoms with Gasteiger partial charge >= 0.3 is 5.97 Å². The Kier molecular flexibility index (Phi) is 6.44. The van der Waals surface area contributed by atoms with Crippen LogP contribution in [0.3, 0.4) is 0 Å². The Hall–Kier alpha value is -2.28. The Morgan fingerprint density at radius 1 is 1.25 bits per heavy atom. The van der Waals surface area contributed by atoms with Gasteiger partial charge in [0.15, 0.2) is 5.17 Å². The number of thioether (sulfide) groups is 1. The smallest absolute Gasteiger partial charge is 0.338 e. The van der Waals surface area contributed by atoms with Gasteiger partial charge in [0, 0.05) is 0 Å². The van der Waals surface area contributed by atoms with Gasteiger partial charge in [0.25, 0.3) is 0 Å². The summed E-state index contributed by atoms with van der Waals surface area (Å²) in [6, 6.07) is 7.03. The topological polar surface area (TPSA) is 68.2 Å². The average molecular weight is 403 g/mol. The van der Waals surface area contributed by atoms with Crippen LogP contribution in [0.25, 0.3) is 0 Å². The average Bonchev–Trinajstić information content (AvgIpc) is 3.02. The van der Waals surface area contributed by atoms with Gasteiger partial charge in [-0.3, -0.25) is 9.69 Å². The molecule has 2 atom stereocenters. The zero-order valence-corrected chi connectivity index (χ0v) is 17.5. The number of methoxy groups -OCH3 is 1. The molecule has 2 heterocycles. The van der Waals surface area contributed by atoms with Crippen molar-refractivity contribution in [2.75, 3.05) is 13.7 Å². The van der Waals surface area contributed by atoms with Crippen molar-refractivity contribution >= 4 is 28.8 Å². The van der Waals surface area contributed by atoms with Crippen molar-refractivity contribution < 1.29 is 19.1 Å². The predicted octanol–water partition coefficient (Wildman–Crippen LogP) is 4.08. The molecule has 2 aliphatic rings. The molecule has 1 aromatic rings. The van der Waals surface area contributed by atoms with Gasteiger partial charge in [-0.2, -0.15) is 0 Å². The molecule has 0 N–H and O–H groups in total. The zero-order chi connectivity index (χ0) is 20.3. The first-order valence-electron chi connectivity index (χ1n) is 9.62. The van der Waals surface area contributed by atoms with Crippen LogP contribution in [0.1, 0.15) is 51.6 Å². The van der Waals surface area contributed by atoms with Crippen molar-refractivity contribution in [3.63, 3.8) is 0 Å². The molecule has 2 aliphatic heterocycles. The van der Waals surface area contributed by atoms with Gasteiger partial charge in [-0.1, -0.05) is 44.2 Å². The maximum Gasteiger partial charge on any atom is 0.338 e. The molecule has 0 saturated carbocycles. The van der Waals surface area contributed by atoms with Crippen molar-refractivity contribution in [3.05, 3.63) is 41.1 Å². The van der Waals surface area contributed by atoms with Crippen LogP contribution in [0.4, 0.5) is 0 Å². The van der Waals surface area contributed by atoms with Crippen LogP contribution in [0.15, 0.2) is 40.5 Å². The molecule has 0 aromatic heterocycles. The molecule has 28 heavy (non-hydrogen) atoms. The molecule has 150 valence electrons. The van der Waals surface area contributed by atoms with Gasteiger partial charge in [-0.25, -0.2) is 9.79 Å². The van der Waals surface area contributed by atoms with Crippen LogP contribution in [-0.2, 0) is 14.3 Å². The fraction of sp³-hybridized carbons (Fsp3) is 0.476. The Labute approximate surface area is 170 Å². The third-order valence-electron chi connectivity index (χ3n) is 4.89. The summed E-state index contributed by atoms with van der Waals surface area (Å²) in [5, 5.41) is 0.470. The van der Waals surface area contributed by atoms with E-state index in [1.807, 2.05) is 31.2 Å². The molecular formula is C21H26N2O4S. The molecule has 7 heteroatoms. The van der Waals surface area contributed by atoms with Crippen molar-refractivity contribution in [2.45, 2.75) is 51.3 Å². The monoisotopic (exact) mass is 402 g/mol. The summed E-state index contributed by atoms with van der Waals surface area (Å²) in [5.41, 5.74) is 1.82. The SMILES string of the molecule is CCCCOc1ccc([C@H]2C(C(=O)OC)=C(C)N=C3S[C@@H](CC)C(=O)N32)cc1. The van der Waals surface area contributed by atoms with Gasteiger partial charge < -0.3 is 9.47 Å². The highest BCUT2D eigenvalue weighted by molar-refractivity contribution is 8.15. The molecule has 0 aliphatic carbocycles. The van der Waals surface area contributed by atoms with E-state index in [4.69, 9.17) is 9.47 Å². The summed E-state index contributed by atoms with van der Waals surface area (Å²) in [5.74, 6) is 0.288. The standard InChI is InChI=1S/C21H26N2O4S/c1-5-7-12-27-15-10-8-14(9-11-15)18-17(20(25)26-4)13(3)22-21-23(18)19(24)16(6-2)28-21/h8-11,16,18H,5-7,12H2,1-4H3/t16-,18-/m0/s1. The first-order chi connectivity index (χ1) is 13.5. The second kappa shape index (κ2) is 8.82. The lowest BCUT2D eigenvalue weighted by Crippen LogP contribution is -2.40. The largest absolute Gasteiger partial charge is 0.494 e. The lowest BCUT2D eigenvalue weighted by molar-refractivity contribution is -0.137. The molecule has 3 rings (SSSR count). The summed E-state index contributed by atoms with van der Waals surface area (Å²) >= 11 is 1.46. The molecule has 1 saturated heterocycles. The van der Waals surface area contributed by atoms with E-state index < -0.39 is 12.0 Å². The summed E-state index contributed by atoms with van der Waals surface area (Å²) in [6.07, 6.45) is 2.78. The molecule has 1 amide bonds. The molecule has 0 unspecified atom stereocenters. The lowest BCUT2D eigenvalue weighted by atomic mass is 9.94. The van der Waals surface area contributed by atoms with E-state index in [2.05, 4.69) is 11.9 Å². The Morgan fingerprint density at radius 3 is 2.57 bits per heavy atom. The molecule has 0 bridgehead atoms. The summed E-state index contributed by atoms with van der Waals surface area (Å²) in [7, 11) is 1.35. The first kappa shape index (κ1) is 20.5. The number of carbonyl (C=O) groups excluding carboxylic acids is 2. The van der Waals surface area contributed by atoms with Gasteiger partial charge in [0.05, 0.1) is 36.3 Å². The third-order valence-corrected chi connectivity index (χ3v) is 6.21. The molecule has 1 aromatic carbocycles. The maximum atomic E-state index is 13.0. The van der Waals surface area contributed by atoms with Crippen molar-refractivity contribution in [1.29, 1.82) is 0 Å². The van der Waals surface area contributed by atoms with Crippen LogP contribution >= 0.6 is 11.8 Å².